The molecule has 17 heavy (non-hydrogen) atoms. The van der Waals surface area contributed by atoms with Gasteiger partial charge in [0.2, 0.25) is 0 Å². The van der Waals surface area contributed by atoms with Crippen LogP contribution < -0.4 is 0 Å². The molecule has 0 unspecified atom stereocenters. The van der Waals surface area contributed by atoms with Crippen LogP contribution in [0.15, 0.2) is 30.3 Å². The maximum Gasteiger partial charge on any atom is 0.0258 e. The van der Waals surface area contributed by atoms with Crippen molar-refractivity contribution in [1.82, 2.24) is 0 Å². The molecule has 0 spiro atoms. The van der Waals surface area contributed by atoms with Gasteiger partial charge in [-0.05, 0) is 30.4 Å². The van der Waals surface area contributed by atoms with Crippen LogP contribution in [0.5, 0.6) is 0 Å². The molecule has 0 N–H and O–H groups in total. The summed E-state index contributed by atoms with van der Waals surface area (Å²) in [6, 6.07) is 8.87. The van der Waals surface area contributed by atoms with Crippen molar-refractivity contribution >= 4 is 17.7 Å². The topological polar surface area (TPSA) is 0 Å². The Morgan fingerprint density at radius 1 is 1.06 bits per heavy atom. The summed E-state index contributed by atoms with van der Waals surface area (Å²) in [4.78, 5) is 0. The second kappa shape index (κ2) is 9.30. The minimum Gasteiger partial charge on any atom is -0.126 e. The standard InChI is InChI=1S/C16H23Cl/c1-2-3-4-5-8-15-10-12-16(13-11-15)9-6-7-14-17/h6,9-13H,2-5,7-8,14H2,1H3. The molecule has 94 valence electrons. The van der Waals surface area contributed by atoms with E-state index in [4.69, 9.17) is 11.6 Å². The van der Waals surface area contributed by atoms with Crippen LogP contribution in [-0.2, 0) is 6.42 Å². The van der Waals surface area contributed by atoms with E-state index in [0.29, 0.717) is 5.88 Å². The third kappa shape index (κ3) is 6.53. The van der Waals surface area contributed by atoms with E-state index >= 15 is 0 Å². The van der Waals surface area contributed by atoms with Gasteiger partial charge in [0.1, 0.15) is 0 Å². The number of benzene rings is 1. The zero-order valence-electron chi connectivity index (χ0n) is 10.8. The van der Waals surface area contributed by atoms with Crippen LogP contribution in [0.2, 0.25) is 0 Å². The highest BCUT2D eigenvalue weighted by molar-refractivity contribution is 6.17. The highest BCUT2D eigenvalue weighted by Gasteiger charge is 1.93. The van der Waals surface area contributed by atoms with E-state index in [1.807, 2.05) is 0 Å². The van der Waals surface area contributed by atoms with E-state index < -0.39 is 0 Å². The van der Waals surface area contributed by atoms with Crippen molar-refractivity contribution in [2.24, 2.45) is 0 Å². The first-order valence-corrected chi connectivity index (χ1v) is 7.21. The molecule has 1 aromatic carbocycles. The maximum absolute atomic E-state index is 5.62. The van der Waals surface area contributed by atoms with Crippen molar-refractivity contribution in [2.75, 3.05) is 5.88 Å². The van der Waals surface area contributed by atoms with Gasteiger partial charge in [-0.3, -0.25) is 0 Å². The smallest absolute Gasteiger partial charge is 0.0258 e. The van der Waals surface area contributed by atoms with Crippen LogP contribution >= 0.6 is 11.6 Å². The Hall–Kier alpha value is -0.750. The van der Waals surface area contributed by atoms with Gasteiger partial charge < -0.3 is 0 Å². The normalized spacial score (nSPS) is 11.2. The first-order chi connectivity index (χ1) is 8.36. The summed E-state index contributed by atoms with van der Waals surface area (Å²) < 4.78 is 0. The Labute approximate surface area is 111 Å². The lowest BCUT2D eigenvalue weighted by atomic mass is 10.0. The van der Waals surface area contributed by atoms with Gasteiger partial charge in [-0.25, -0.2) is 0 Å². The van der Waals surface area contributed by atoms with Crippen LogP contribution in [0, 0.1) is 0 Å². The monoisotopic (exact) mass is 250 g/mol. The predicted octanol–water partition coefficient (Wildman–Crippen LogP) is 5.45. The predicted molar refractivity (Wildman–Crippen MR) is 78.7 cm³/mol. The van der Waals surface area contributed by atoms with Gasteiger partial charge in [0.15, 0.2) is 0 Å². The Bertz CT molecular complexity index is 311. The lowest BCUT2D eigenvalue weighted by Gasteiger charge is -2.01. The van der Waals surface area contributed by atoms with Gasteiger partial charge in [0.25, 0.3) is 0 Å². The quantitative estimate of drug-likeness (QED) is 0.425. The van der Waals surface area contributed by atoms with Crippen molar-refractivity contribution in [1.29, 1.82) is 0 Å². The molecule has 0 saturated heterocycles. The Balaban J connectivity index is 2.34. The molecule has 0 bridgehead atoms. The number of alkyl halides is 1. The molecular weight excluding hydrogens is 228 g/mol. The number of hydrogen-bond donors (Lipinski definition) is 0. The van der Waals surface area contributed by atoms with Crippen LogP contribution in [0.25, 0.3) is 6.08 Å². The molecule has 0 heterocycles. The van der Waals surface area contributed by atoms with Crippen LogP contribution in [0.1, 0.15) is 50.2 Å². The van der Waals surface area contributed by atoms with Crippen molar-refractivity contribution in [2.45, 2.75) is 45.4 Å². The van der Waals surface area contributed by atoms with Crippen LogP contribution in [0.4, 0.5) is 0 Å². The number of unbranched alkanes of at least 4 members (excludes halogenated alkanes) is 3. The van der Waals surface area contributed by atoms with Gasteiger partial charge in [0.05, 0.1) is 0 Å². The van der Waals surface area contributed by atoms with Gasteiger partial charge in [0, 0.05) is 5.88 Å². The van der Waals surface area contributed by atoms with Crippen LogP contribution in [0.3, 0.4) is 0 Å². The summed E-state index contributed by atoms with van der Waals surface area (Å²) in [7, 11) is 0. The molecule has 0 atom stereocenters. The van der Waals surface area contributed by atoms with E-state index in [1.165, 1.54) is 43.2 Å². The summed E-state index contributed by atoms with van der Waals surface area (Å²) >= 11 is 5.62. The summed E-state index contributed by atoms with van der Waals surface area (Å²) in [6.45, 7) is 2.25. The second-order valence-electron chi connectivity index (χ2n) is 4.43. The Morgan fingerprint density at radius 3 is 2.47 bits per heavy atom. The summed E-state index contributed by atoms with van der Waals surface area (Å²) in [5, 5.41) is 0. The minimum atomic E-state index is 0.700. The molecule has 0 aliphatic rings. The Morgan fingerprint density at radius 2 is 1.82 bits per heavy atom. The van der Waals surface area contributed by atoms with Crippen molar-refractivity contribution in [3.63, 3.8) is 0 Å². The molecule has 1 heteroatoms. The number of halogens is 1. The van der Waals surface area contributed by atoms with Crippen molar-refractivity contribution in [3.05, 3.63) is 41.5 Å². The fourth-order valence-corrected chi connectivity index (χ4v) is 1.96. The van der Waals surface area contributed by atoms with E-state index in [1.54, 1.807) is 0 Å². The molecule has 0 amide bonds. The van der Waals surface area contributed by atoms with E-state index in [2.05, 4.69) is 43.3 Å². The molecule has 0 aliphatic heterocycles. The molecule has 1 rings (SSSR count). The molecule has 1 aromatic rings. The maximum atomic E-state index is 5.62. The number of hydrogen-bond acceptors (Lipinski definition) is 0. The highest BCUT2D eigenvalue weighted by atomic mass is 35.5. The van der Waals surface area contributed by atoms with Gasteiger partial charge in [-0.1, -0.05) is 62.6 Å². The summed E-state index contributed by atoms with van der Waals surface area (Å²) in [5.41, 5.74) is 2.73. The number of rotatable bonds is 8. The van der Waals surface area contributed by atoms with Gasteiger partial charge >= 0.3 is 0 Å². The molecule has 0 fully saturated rings. The van der Waals surface area contributed by atoms with Crippen LogP contribution in [-0.4, -0.2) is 5.88 Å². The fraction of sp³-hybridized carbons (Fsp3) is 0.500. The summed E-state index contributed by atoms with van der Waals surface area (Å²) in [5.74, 6) is 0.700. The number of aryl methyl sites for hydroxylation is 1. The third-order valence-corrected chi connectivity index (χ3v) is 3.10. The van der Waals surface area contributed by atoms with Gasteiger partial charge in [-0.15, -0.1) is 11.6 Å². The molecule has 0 radical (unpaired) electrons. The van der Waals surface area contributed by atoms with Crippen molar-refractivity contribution in [3.8, 4) is 0 Å². The van der Waals surface area contributed by atoms with Crippen molar-refractivity contribution < 1.29 is 0 Å². The molecule has 0 aliphatic carbocycles. The molecule has 0 nitrogen and oxygen atoms in total. The van der Waals surface area contributed by atoms with E-state index in [9.17, 15) is 0 Å². The zero-order valence-corrected chi connectivity index (χ0v) is 11.5. The highest BCUT2D eigenvalue weighted by Crippen LogP contribution is 2.11. The Kier molecular flexibility index (Phi) is 7.83. The second-order valence-corrected chi connectivity index (χ2v) is 4.81. The van der Waals surface area contributed by atoms with E-state index in [0.717, 1.165) is 6.42 Å². The first-order valence-electron chi connectivity index (χ1n) is 6.68. The number of allylic oxidation sites excluding steroid dienone is 1. The van der Waals surface area contributed by atoms with Gasteiger partial charge in [-0.2, -0.15) is 0 Å². The largest absolute Gasteiger partial charge is 0.126 e. The SMILES string of the molecule is CCCCCCc1ccc(C=CCCCl)cc1. The summed E-state index contributed by atoms with van der Waals surface area (Å²) in [6.07, 6.45) is 11.8. The lowest BCUT2D eigenvalue weighted by Crippen LogP contribution is -1.85. The van der Waals surface area contributed by atoms with E-state index in [-0.39, 0.29) is 0 Å². The fourth-order valence-electron chi connectivity index (χ4n) is 1.83. The molecular formula is C16H23Cl. The third-order valence-electron chi connectivity index (χ3n) is 2.88. The zero-order chi connectivity index (χ0) is 12.3. The average Bonchev–Trinajstić information content (AvgIpc) is 2.37. The lowest BCUT2D eigenvalue weighted by molar-refractivity contribution is 0.667. The minimum absolute atomic E-state index is 0.700. The average molecular weight is 251 g/mol. The molecule has 0 saturated carbocycles. The first kappa shape index (κ1) is 14.3. The molecule has 0 aromatic heterocycles.